The van der Waals surface area contributed by atoms with Crippen molar-refractivity contribution in [2.24, 2.45) is 0 Å². The predicted molar refractivity (Wildman–Crippen MR) is 601 cm³/mol. The molecule has 8 aliphatic rings. The molecule has 12 N–H and O–H groups in total. The van der Waals surface area contributed by atoms with Gasteiger partial charge in [-0.05, 0) is 330 Å². The van der Waals surface area contributed by atoms with Gasteiger partial charge in [0.15, 0.2) is 0 Å². The highest BCUT2D eigenvalue weighted by Crippen LogP contribution is 2.67. The third-order valence-electron chi connectivity index (χ3n) is 25.9. The number of nitrogens with two attached hydrogens (primary N) is 2. The second-order valence-electron chi connectivity index (χ2n) is 48.1. The molecule has 8 aliphatic heterocycles. The van der Waals surface area contributed by atoms with Crippen molar-refractivity contribution in [3.05, 3.63) is 225 Å². The van der Waals surface area contributed by atoms with Crippen molar-refractivity contribution in [2.75, 3.05) is 64.3 Å². The van der Waals surface area contributed by atoms with Crippen LogP contribution in [0, 0.1) is 0 Å². The molecule has 17 rings (SSSR count). The highest BCUT2D eigenvalue weighted by Gasteiger charge is 2.59. The van der Waals surface area contributed by atoms with E-state index in [-0.39, 0.29) is 68.9 Å². The Kier molecular flexibility index (Phi) is 38.1. The normalized spacial score (nSPS) is 29.3. The monoisotopic (exact) mass is 2210 g/mol. The zero-order valence-electron chi connectivity index (χ0n) is 93.0. The van der Waals surface area contributed by atoms with Crippen molar-refractivity contribution < 1.29 is 82.2 Å². The van der Waals surface area contributed by atoms with E-state index >= 15 is 0 Å². The lowest BCUT2D eigenvalue weighted by Crippen LogP contribution is -2.59. The van der Waals surface area contributed by atoms with E-state index in [1.807, 2.05) is 294 Å². The summed E-state index contributed by atoms with van der Waals surface area (Å²) in [6.07, 6.45) is 16.1. The number of nitrogens with zero attached hydrogens (tertiary/aromatic N) is 7. The predicted octanol–water partition coefficient (Wildman–Crippen LogP) is 18.0. The van der Waals surface area contributed by atoms with Crippen molar-refractivity contribution in [2.45, 2.75) is 321 Å². The van der Waals surface area contributed by atoms with E-state index in [0.29, 0.717) is 96.2 Å². The molecule has 0 aliphatic carbocycles. The number of hydrogen-bond donors (Lipinski definition) is 10. The molecule has 0 spiro atoms. The Bertz CT molecular complexity index is 5960. The fraction of sp³-hybridized carbons (Fsp3) is 0.547. The highest BCUT2D eigenvalue weighted by atomic mass is 31.2. The van der Waals surface area contributed by atoms with Gasteiger partial charge in [-0.3, -0.25) is 98.8 Å². The van der Waals surface area contributed by atoms with Crippen LogP contribution in [-0.2, 0) is 95.3 Å². The topological polar surface area (TPSA) is 475 Å². The molecule has 43 heteroatoms. The lowest BCUT2D eigenvalue weighted by atomic mass is 10.1. The van der Waals surface area contributed by atoms with Crippen LogP contribution in [0.25, 0.3) is 0 Å². The van der Waals surface area contributed by atoms with Gasteiger partial charge >= 0.3 is 5.97 Å². The Morgan fingerprint density at radius 2 is 0.591 bits per heavy atom. The lowest BCUT2D eigenvalue weighted by molar-refractivity contribution is -0.144. The average Bonchev–Trinajstić information content (AvgIpc) is 0.800. The Morgan fingerprint density at radius 1 is 0.275 bits per heavy atom. The molecular weight excluding hydrogens is 2050 g/mol. The number of anilines is 2. The lowest BCUT2D eigenvalue weighted by Gasteiger charge is -2.47. The summed E-state index contributed by atoms with van der Waals surface area (Å²) in [4.78, 5) is 40.3. The summed E-state index contributed by atoms with van der Waals surface area (Å²) in [7, 11) is -23.8. The minimum absolute atomic E-state index is 0.162. The van der Waals surface area contributed by atoms with Crippen LogP contribution in [0.5, 0.6) is 0 Å². The van der Waals surface area contributed by atoms with Crippen LogP contribution >= 0.6 is 59.0 Å². The molecule has 0 bridgehead atoms. The first-order chi connectivity index (χ1) is 68.3. The van der Waals surface area contributed by atoms with E-state index in [1.165, 1.54) is 6.33 Å². The van der Waals surface area contributed by atoms with Gasteiger partial charge in [-0.1, -0.05) is 54.6 Å². The number of aromatic nitrogens is 7. The Labute approximate surface area is 883 Å². The zero-order chi connectivity index (χ0) is 111. The van der Waals surface area contributed by atoms with Crippen molar-refractivity contribution in [3.63, 3.8) is 0 Å². The van der Waals surface area contributed by atoms with Gasteiger partial charge in [0.1, 0.15) is 18.4 Å². The van der Waals surface area contributed by atoms with Crippen LogP contribution < -0.4 is 96.8 Å². The van der Waals surface area contributed by atoms with E-state index in [2.05, 4.69) is 77.4 Å². The first-order valence-corrected chi connectivity index (χ1v) is 62.9. The second-order valence-corrected chi connectivity index (χ2v) is 71.9. The maximum absolute atomic E-state index is 13.6. The number of hydrogen-bond acceptors (Lipinski definition) is 35. The molecule has 8 fully saturated rings. The number of pyridine rings is 3. The number of rotatable bonds is 12. The van der Waals surface area contributed by atoms with Gasteiger partial charge < -0.3 is 52.4 Å². The molecule has 8 saturated heterocycles. The second kappa shape index (κ2) is 45.9. The van der Waals surface area contributed by atoms with E-state index in [0.717, 1.165) is 16.4 Å². The van der Waals surface area contributed by atoms with E-state index < -0.39 is 101 Å². The van der Waals surface area contributed by atoms with E-state index in [4.69, 9.17) is 52.4 Å². The van der Waals surface area contributed by atoms with Crippen molar-refractivity contribution in [3.8, 4) is 0 Å². The molecule has 9 aromatic rings. The van der Waals surface area contributed by atoms with Crippen molar-refractivity contribution in [1.29, 1.82) is 0 Å². The van der Waals surface area contributed by atoms with Gasteiger partial charge in [0.25, 0.3) is 59.0 Å². The van der Waals surface area contributed by atoms with E-state index in [9.17, 15) is 41.3 Å². The molecule has 0 amide bonds. The van der Waals surface area contributed by atoms with Gasteiger partial charge in [0.2, 0.25) is 5.57 Å². The standard InChI is InChI=1S/C22H28NO4P.2C13H21N2O2P.3C12H19N2O2P.2C11H18N3O2P/c1-21(2)16-27-28(25,22(3,4)23-21)19-12-10-17(11-13-19)14-20(24)26-15-18-8-6-5-7-9-18;1-12(2)9-17-18(16,13(3,4)15-12)11-7-5-10(14)6-8-11;1-12(2)9-17-18(16,13(3,4)15-12)11-7-5-6-10(14)8-11;1-11(2)9-16-17(15,12(3,4)14-11)10-5-7-13-8-6-10;1-11(2)9-16-17(15,12(3,4)14-11)10-6-5-7-13-8-10;1-11(2)9-16-17(15,12(3,4)14-11)10-7-5-6-8-13-10;1-10(2)7-16-17(15,11(3,4)14-10)9-5-12-8-13-6-9;1-10(2)8-16-17(15,11(3,4)14-10)9-12-6-5-7-13-9/h5-13,23H,14-16H2,1-4H3;2*5-8,15H,9,14H2,1-4H3;3*5-8,14H,9H2,1-4H3;5-6,8,14H,7H2,1-4H3;5-7,14H,8H2,1-4H3. The molecule has 0 saturated carbocycles. The van der Waals surface area contributed by atoms with Crippen LogP contribution in [0.2, 0.25) is 0 Å². The van der Waals surface area contributed by atoms with Crippen LogP contribution in [-0.4, -0.2) is 180 Å². The molecule has 4 aromatic carbocycles. The molecule has 149 heavy (non-hydrogen) atoms. The van der Waals surface area contributed by atoms with Gasteiger partial charge in [-0.25, -0.2) is 19.9 Å². The summed E-state index contributed by atoms with van der Waals surface area (Å²) >= 11 is 0. The number of carbonyl (C=O) groups excluding carboxylic acids is 1. The molecule has 8 unspecified atom stereocenters. The number of nitrogen functional groups attached to an aromatic ring is 2. The number of nitrogens with one attached hydrogen (secondary N) is 8. The summed E-state index contributed by atoms with van der Waals surface area (Å²) in [5, 5.41) is 26.3. The smallest absolute Gasteiger partial charge is 0.310 e. The highest BCUT2D eigenvalue weighted by molar-refractivity contribution is 7.71. The van der Waals surface area contributed by atoms with Gasteiger partial charge in [-0.2, -0.15) is 0 Å². The van der Waals surface area contributed by atoms with Crippen molar-refractivity contribution >= 4 is 119 Å². The zero-order valence-corrected chi connectivity index (χ0v) is 100. The molecule has 35 nitrogen and oxygen atoms in total. The number of carbonyl (C=O) groups is 1. The molecular formula is C106H163N17O18P8. The molecule has 5 aromatic heterocycles. The fourth-order valence-electron chi connectivity index (χ4n) is 19.5. The van der Waals surface area contributed by atoms with Crippen LogP contribution in [0.4, 0.5) is 11.4 Å². The quantitative estimate of drug-likeness (QED) is 0.0308. The Morgan fingerprint density at radius 3 is 0.940 bits per heavy atom. The summed E-state index contributed by atoms with van der Waals surface area (Å²) in [6, 6.07) is 45.3. The number of esters is 1. The summed E-state index contributed by atoms with van der Waals surface area (Å²) in [6.45, 7) is 66.6. The SMILES string of the molecule is CC1(C)COP(=O)(c2ccc(CC(=O)OCc3ccccc3)cc2)C(C)(C)N1.CC1(C)COP(=O)(c2ccc(N)cc2)C(C)(C)N1.CC1(C)COP(=O)(c2cccc(N)c2)C(C)(C)N1.CC1(C)COP(=O)(c2ccccn2)C(C)(C)N1.CC1(C)COP(=O)(c2cccnc2)C(C)(C)N1.CC1(C)COP(=O)(c2ccncc2)C(C)(C)N1.CC1(C)COP(=O)(c2cncnc2)C(C)(C)N1.CC1(C)COP(=O)(c2ncccn2)C(C)(C)N1. The largest absolute Gasteiger partial charge is 0.461 e. The fourth-order valence-corrected chi connectivity index (χ4v) is 39.9. The Balaban J connectivity index is 0.000000175. The summed E-state index contributed by atoms with van der Waals surface area (Å²) in [5.74, 6) is -0.291. The summed E-state index contributed by atoms with van der Waals surface area (Å²) < 4.78 is 156. The third-order valence-corrected chi connectivity index (χ3v) is 49.8. The van der Waals surface area contributed by atoms with Crippen LogP contribution in [0.3, 0.4) is 0 Å². The molecule has 0 radical (unpaired) electrons. The van der Waals surface area contributed by atoms with Gasteiger partial charge in [0, 0.05) is 133 Å². The summed E-state index contributed by atoms with van der Waals surface area (Å²) in [5.41, 5.74) is 13.8. The number of ether oxygens (including phenoxy) is 1. The van der Waals surface area contributed by atoms with E-state index in [1.54, 1.807) is 135 Å². The van der Waals surface area contributed by atoms with Crippen LogP contribution in [0.15, 0.2) is 214 Å². The maximum Gasteiger partial charge on any atom is 0.310 e. The molecule has 13 heterocycles. The van der Waals surface area contributed by atoms with Gasteiger partial charge in [0.05, 0.1) is 112 Å². The van der Waals surface area contributed by atoms with Crippen molar-refractivity contribution in [1.82, 2.24) is 77.4 Å². The van der Waals surface area contributed by atoms with Crippen LogP contribution in [0.1, 0.15) is 233 Å². The minimum atomic E-state index is -3.08. The maximum atomic E-state index is 13.6. The Hall–Kier alpha value is -7.24. The average molecular weight is 2210 g/mol. The number of benzene rings is 4. The first kappa shape index (κ1) is 124. The third kappa shape index (κ3) is 29.4. The van der Waals surface area contributed by atoms with Gasteiger partial charge in [-0.15, -0.1) is 0 Å². The minimum Gasteiger partial charge on any atom is -0.461 e. The first-order valence-electron chi connectivity index (χ1n) is 49.9. The molecule has 820 valence electrons. The molecule has 8 atom stereocenters.